The first-order valence-corrected chi connectivity index (χ1v) is 9.44. The van der Waals surface area contributed by atoms with E-state index < -0.39 is 42.0 Å². The van der Waals surface area contributed by atoms with E-state index in [2.05, 4.69) is 15.0 Å². The van der Waals surface area contributed by atoms with Gasteiger partial charge in [0.15, 0.2) is 12.1 Å². The number of nitrogens with zero attached hydrogens (tertiary/aromatic N) is 6. The molecule has 0 aromatic carbocycles. The summed E-state index contributed by atoms with van der Waals surface area (Å²) < 4.78 is 69.6. The van der Waals surface area contributed by atoms with Crippen molar-refractivity contribution in [3.8, 4) is 0 Å². The fourth-order valence-electron chi connectivity index (χ4n) is 3.72. The van der Waals surface area contributed by atoms with Crippen LogP contribution in [0, 0.1) is 11.6 Å². The van der Waals surface area contributed by atoms with E-state index >= 15 is 0 Å². The molecule has 0 bridgehead atoms. The van der Waals surface area contributed by atoms with E-state index in [0.29, 0.717) is 11.9 Å². The van der Waals surface area contributed by atoms with Gasteiger partial charge < -0.3 is 20.1 Å². The highest BCUT2D eigenvalue weighted by Gasteiger charge is 2.43. The molecule has 4 N–H and O–H groups in total. The van der Waals surface area contributed by atoms with Crippen molar-refractivity contribution in [1.29, 1.82) is 0 Å². The van der Waals surface area contributed by atoms with E-state index in [0.717, 1.165) is 12.3 Å². The van der Waals surface area contributed by atoms with Crippen molar-refractivity contribution >= 4 is 11.6 Å². The first-order valence-electron chi connectivity index (χ1n) is 9.44. The molecule has 3 aromatic rings. The molecule has 2 unspecified atom stereocenters. The van der Waals surface area contributed by atoms with Gasteiger partial charge >= 0.3 is 6.18 Å². The van der Waals surface area contributed by atoms with Crippen LogP contribution in [-0.2, 0) is 13.2 Å². The van der Waals surface area contributed by atoms with Crippen molar-refractivity contribution in [1.82, 2.24) is 19.5 Å². The highest BCUT2D eigenvalue weighted by atomic mass is 19.4. The summed E-state index contributed by atoms with van der Waals surface area (Å²) in [6.07, 6.45) is -2.96. The van der Waals surface area contributed by atoms with Gasteiger partial charge in [0.2, 0.25) is 0 Å². The lowest BCUT2D eigenvalue weighted by Crippen LogP contribution is -2.62. The van der Waals surface area contributed by atoms with Crippen LogP contribution in [0.15, 0.2) is 36.9 Å². The number of hydrogen-bond acceptors (Lipinski definition) is 7. The maximum Gasteiger partial charge on any atom is 0.433 e. The first-order chi connectivity index (χ1) is 15.0. The van der Waals surface area contributed by atoms with Crippen molar-refractivity contribution in [2.75, 3.05) is 9.80 Å². The summed E-state index contributed by atoms with van der Waals surface area (Å²) in [5.74, 6) is -1.69. The minimum Gasteiger partial charge on any atom is -0.338 e. The lowest BCUT2D eigenvalue weighted by molar-refractivity contribution is -0.141. The largest absolute Gasteiger partial charge is 0.433 e. The molecule has 0 radical (unpaired) electrons. The van der Waals surface area contributed by atoms with Gasteiger partial charge in [0.25, 0.3) is 0 Å². The molecule has 0 amide bonds. The van der Waals surface area contributed by atoms with Gasteiger partial charge in [0.05, 0.1) is 24.3 Å². The number of anilines is 2. The third-order valence-corrected chi connectivity index (χ3v) is 5.23. The molecule has 0 saturated carbocycles. The molecule has 3 aromatic heterocycles. The number of halogens is 5. The first kappa shape index (κ1) is 21.9. The summed E-state index contributed by atoms with van der Waals surface area (Å²) in [4.78, 5) is 14.5. The predicted molar refractivity (Wildman–Crippen MR) is 105 cm³/mol. The molecule has 3 atom stereocenters. The van der Waals surface area contributed by atoms with E-state index in [-0.39, 0.29) is 17.1 Å². The van der Waals surface area contributed by atoms with Gasteiger partial charge in [-0.2, -0.15) is 13.2 Å². The molecular formula is C19H19F5N8. The molecule has 13 heteroatoms. The molecule has 1 aliphatic rings. The molecule has 32 heavy (non-hydrogen) atoms. The monoisotopic (exact) mass is 454 g/mol. The van der Waals surface area contributed by atoms with E-state index in [9.17, 15) is 22.0 Å². The Kier molecular flexibility index (Phi) is 5.25. The van der Waals surface area contributed by atoms with Gasteiger partial charge in [-0.1, -0.05) is 0 Å². The van der Waals surface area contributed by atoms with Crippen LogP contribution < -0.4 is 21.3 Å². The fraction of sp³-hybridized carbons (Fsp3) is 0.316. The van der Waals surface area contributed by atoms with Crippen molar-refractivity contribution < 1.29 is 22.0 Å². The van der Waals surface area contributed by atoms with Crippen molar-refractivity contribution in [2.24, 2.45) is 18.5 Å². The third-order valence-electron chi connectivity index (χ3n) is 5.23. The zero-order valence-corrected chi connectivity index (χ0v) is 16.9. The van der Waals surface area contributed by atoms with Crippen LogP contribution in [0.4, 0.5) is 33.6 Å². The summed E-state index contributed by atoms with van der Waals surface area (Å²) in [6.45, 7) is 1.47. The predicted octanol–water partition coefficient (Wildman–Crippen LogP) is 2.79. The Morgan fingerprint density at radius 3 is 2.44 bits per heavy atom. The number of hydrogen-bond donors (Lipinski definition) is 2. The third kappa shape index (κ3) is 3.62. The maximum absolute atomic E-state index is 14.5. The Labute approximate surface area is 179 Å². The van der Waals surface area contributed by atoms with Gasteiger partial charge in [-0.3, -0.25) is 10.7 Å². The molecule has 1 aliphatic heterocycles. The molecule has 170 valence electrons. The SMILES string of the molecule is C[C@@H](c1ncc(F)cc1F)N1c2nc(C(F)(F)F)ccc2C(N)N(c2cn(C)cn2)C1N. The Morgan fingerprint density at radius 1 is 1.12 bits per heavy atom. The molecular weight excluding hydrogens is 435 g/mol. The van der Waals surface area contributed by atoms with E-state index in [1.54, 1.807) is 17.8 Å². The summed E-state index contributed by atoms with van der Waals surface area (Å²) >= 11 is 0. The standard InChI is InChI=1S/C19H19F5N8/c1-9(15-12(21)5-10(20)6-27-15)31-17-11(3-4-13(29-17)19(22,23)24)16(25)32(18(31)26)14-7-30(2)8-28-14/h3-9,16,18H,25-26H2,1-2H3/t9-,16?,18?/m0/s1. The lowest BCUT2D eigenvalue weighted by atomic mass is 10.0. The van der Waals surface area contributed by atoms with Crippen LogP contribution in [0.2, 0.25) is 0 Å². The second-order valence-electron chi connectivity index (χ2n) is 7.37. The molecule has 0 aliphatic carbocycles. The molecule has 4 heterocycles. The number of imidazole rings is 1. The molecule has 8 nitrogen and oxygen atoms in total. The van der Waals surface area contributed by atoms with E-state index in [4.69, 9.17) is 11.5 Å². The average Bonchev–Trinajstić information content (AvgIpc) is 3.12. The number of fused-ring (bicyclic) bond motifs is 1. The normalized spacial score (nSPS) is 19.8. The maximum atomic E-state index is 14.5. The van der Waals surface area contributed by atoms with Crippen LogP contribution in [0.3, 0.4) is 0 Å². The van der Waals surface area contributed by atoms with Crippen LogP contribution in [0.25, 0.3) is 0 Å². The molecule has 0 spiro atoms. The minimum absolute atomic E-state index is 0.176. The summed E-state index contributed by atoms with van der Waals surface area (Å²) in [7, 11) is 1.72. The number of alkyl halides is 3. The number of aryl methyl sites for hydroxylation is 1. The van der Waals surface area contributed by atoms with E-state index in [1.165, 1.54) is 29.1 Å². The second kappa shape index (κ2) is 7.67. The zero-order chi connectivity index (χ0) is 23.4. The number of nitrogens with two attached hydrogens (primary N) is 2. The van der Waals surface area contributed by atoms with Crippen LogP contribution in [0.5, 0.6) is 0 Å². The van der Waals surface area contributed by atoms with Gasteiger partial charge in [0, 0.05) is 24.9 Å². The number of aromatic nitrogens is 4. The Balaban J connectivity index is 1.90. The quantitative estimate of drug-likeness (QED) is 0.587. The second-order valence-corrected chi connectivity index (χ2v) is 7.37. The Hall–Kier alpha value is -3.32. The molecule has 0 fully saturated rings. The number of rotatable bonds is 3. The van der Waals surface area contributed by atoms with Gasteiger partial charge in [0.1, 0.15) is 29.3 Å². The lowest BCUT2D eigenvalue weighted by Gasteiger charge is -2.48. The minimum atomic E-state index is -4.73. The number of pyridine rings is 2. The van der Waals surface area contributed by atoms with Crippen LogP contribution >= 0.6 is 0 Å². The topological polar surface area (TPSA) is 102 Å². The van der Waals surface area contributed by atoms with Crippen LogP contribution in [0.1, 0.15) is 36.1 Å². The fourth-order valence-corrected chi connectivity index (χ4v) is 3.72. The van der Waals surface area contributed by atoms with E-state index in [1.807, 2.05) is 0 Å². The summed E-state index contributed by atoms with van der Waals surface area (Å²) in [5, 5.41) is 0. The van der Waals surface area contributed by atoms with Gasteiger partial charge in [-0.15, -0.1) is 0 Å². The summed E-state index contributed by atoms with van der Waals surface area (Å²) in [6, 6.07) is 1.62. The average molecular weight is 454 g/mol. The zero-order valence-electron chi connectivity index (χ0n) is 16.9. The van der Waals surface area contributed by atoms with Gasteiger partial charge in [-0.25, -0.2) is 18.7 Å². The highest BCUT2D eigenvalue weighted by Crippen LogP contribution is 2.42. The Morgan fingerprint density at radius 2 is 1.84 bits per heavy atom. The van der Waals surface area contributed by atoms with Crippen molar-refractivity contribution in [3.63, 3.8) is 0 Å². The van der Waals surface area contributed by atoms with Crippen molar-refractivity contribution in [3.05, 3.63) is 65.5 Å². The summed E-state index contributed by atoms with van der Waals surface area (Å²) in [5.41, 5.74) is 11.6. The highest BCUT2D eigenvalue weighted by molar-refractivity contribution is 5.60. The molecule has 0 saturated heterocycles. The Bertz CT molecular complexity index is 1150. The smallest absolute Gasteiger partial charge is 0.338 e. The van der Waals surface area contributed by atoms with Gasteiger partial charge in [-0.05, 0) is 19.1 Å². The van der Waals surface area contributed by atoms with Crippen LogP contribution in [-0.4, -0.2) is 25.8 Å². The van der Waals surface area contributed by atoms with Crippen molar-refractivity contribution in [2.45, 2.75) is 31.6 Å². The molecule has 4 rings (SSSR count).